The number of azo groups is 1. The first-order valence-corrected chi connectivity index (χ1v) is 5.61. The molecule has 2 rings (SSSR count). The van der Waals surface area contributed by atoms with Crippen molar-refractivity contribution >= 4 is 11.4 Å². The highest BCUT2D eigenvalue weighted by molar-refractivity contribution is 5.45. The summed E-state index contributed by atoms with van der Waals surface area (Å²) in [5.74, 6) is 0. The maximum absolute atomic E-state index is 12.4. The quantitative estimate of drug-likeness (QED) is 0.646. The van der Waals surface area contributed by atoms with Gasteiger partial charge < -0.3 is 0 Å². The summed E-state index contributed by atoms with van der Waals surface area (Å²) in [6.07, 6.45) is -4.33. The molecule has 0 bridgehead atoms. The molecule has 0 aromatic heterocycles. The molecule has 0 heterocycles. The van der Waals surface area contributed by atoms with E-state index in [1.165, 1.54) is 12.1 Å². The summed E-state index contributed by atoms with van der Waals surface area (Å²) >= 11 is 0. The summed E-state index contributed by atoms with van der Waals surface area (Å²) in [6.45, 7) is 1.89. The SMILES string of the molecule is Cc1ccccc1N=Nc1ccc(C(F)(F)F)cc1. The van der Waals surface area contributed by atoms with E-state index in [0.29, 0.717) is 11.4 Å². The van der Waals surface area contributed by atoms with Crippen molar-refractivity contribution in [2.45, 2.75) is 13.1 Å². The number of hydrogen-bond acceptors (Lipinski definition) is 2. The molecule has 2 aromatic rings. The standard InChI is InChI=1S/C14H11F3N2/c1-10-4-2-3-5-13(10)19-18-12-8-6-11(7-9-12)14(15,16)17/h2-9H,1H3. The molecule has 5 heteroatoms. The minimum atomic E-state index is -4.33. The van der Waals surface area contributed by atoms with Crippen LogP contribution in [0.3, 0.4) is 0 Å². The predicted octanol–water partition coefficient (Wildman–Crippen LogP) is 5.43. The molecule has 0 spiro atoms. The molecule has 0 atom stereocenters. The first-order chi connectivity index (χ1) is 8.97. The first-order valence-electron chi connectivity index (χ1n) is 5.61. The van der Waals surface area contributed by atoms with E-state index in [9.17, 15) is 13.2 Å². The Morgan fingerprint density at radius 2 is 1.47 bits per heavy atom. The van der Waals surface area contributed by atoms with Gasteiger partial charge in [-0.3, -0.25) is 0 Å². The second-order valence-corrected chi connectivity index (χ2v) is 4.03. The van der Waals surface area contributed by atoms with E-state index in [0.717, 1.165) is 17.7 Å². The second-order valence-electron chi connectivity index (χ2n) is 4.03. The van der Waals surface area contributed by atoms with Crippen LogP contribution < -0.4 is 0 Å². The summed E-state index contributed by atoms with van der Waals surface area (Å²) in [5.41, 5.74) is 1.35. The van der Waals surface area contributed by atoms with Crippen LogP contribution in [-0.2, 0) is 6.18 Å². The number of aryl methyl sites for hydroxylation is 1. The number of benzene rings is 2. The second kappa shape index (κ2) is 5.22. The molecule has 19 heavy (non-hydrogen) atoms. The zero-order valence-corrected chi connectivity index (χ0v) is 10.1. The lowest BCUT2D eigenvalue weighted by Crippen LogP contribution is -2.03. The average molecular weight is 264 g/mol. The van der Waals surface area contributed by atoms with Crippen LogP contribution in [0.25, 0.3) is 0 Å². The third-order valence-corrected chi connectivity index (χ3v) is 2.58. The van der Waals surface area contributed by atoms with Gasteiger partial charge in [-0.15, -0.1) is 0 Å². The Morgan fingerprint density at radius 3 is 2.05 bits per heavy atom. The van der Waals surface area contributed by atoms with Crippen molar-refractivity contribution in [3.63, 3.8) is 0 Å². The van der Waals surface area contributed by atoms with Crippen LogP contribution in [0.1, 0.15) is 11.1 Å². The number of rotatable bonds is 2. The fourth-order valence-electron chi connectivity index (χ4n) is 1.50. The van der Waals surface area contributed by atoms with E-state index in [1.807, 2.05) is 25.1 Å². The van der Waals surface area contributed by atoms with E-state index in [2.05, 4.69) is 10.2 Å². The van der Waals surface area contributed by atoms with Gasteiger partial charge in [0, 0.05) is 0 Å². The van der Waals surface area contributed by atoms with Gasteiger partial charge in [-0.1, -0.05) is 18.2 Å². The Labute approximate surface area is 108 Å². The Balaban J connectivity index is 2.19. The molecular weight excluding hydrogens is 253 g/mol. The van der Waals surface area contributed by atoms with E-state index in [4.69, 9.17) is 0 Å². The van der Waals surface area contributed by atoms with E-state index in [1.54, 1.807) is 6.07 Å². The van der Waals surface area contributed by atoms with Gasteiger partial charge in [0.1, 0.15) is 0 Å². The van der Waals surface area contributed by atoms with E-state index >= 15 is 0 Å². The Hall–Kier alpha value is -2.17. The van der Waals surface area contributed by atoms with Crippen LogP contribution in [0.4, 0.5) is 24.5 Å². The van der Waals surface area contributed by atoms with Crippen molar-refractivity contribution in [2.75, 3.05) is 0 Å². The van der Waals surface area contributed by atoms with Crippen LogP contribution >= 0.6 is 0 Å². The molecule has 0 saturated carbocycles. The summed E-state index contributed by atoms with van der Waals surface area (Å²) in [6, 6.07) is 12.0. The molecule has 0 saturated heterocycles. The lowest BCUT2D eigenvalue weighted by molar-refractivity contribution is -0.137. The van der Waals surface area contributed by atoms with E-state index < -0.39 is 11.7 Å². The molecule has 0 N–H and O–H groups in total. The number of alkyl halides is 3. The zero-order chi connectivity index (χ0) is 13.9. The van der Waals surface area contributed by atoms with Crippen LogP contribution in [0.5, 0.6) is 0 Å². The van der Waals surface area contributed by atoms with Gasteiger partial charge in [0.15, 0.2) is 0 Å². The average Bonchev–Trinajstić information content (AvgIpc) is 2.37. The van der Waals surface area contributed by atoms with Crippen LogP contribution in [-0.4, -0.2) is 0 Å². The summed E-state index contributed by atoms with van der Waals surface area (Å²) in [7, 11) is 0. The van der Waals surface area contributed by atoms with Crippen molar-refractivity contribution in [1.29, 1.82) is 0 Å². The monoisotopic (exact) mass is 264 g/mol. The van der Waals surface area contributed by atoms with Gasteiger partial charge in [0.25, 0.3) is 0 Å². The minimum Gasteiger partial charge on any atom is -0.166 e. The lowest BCUT2D eigenvalue weighted by Gasteiger charge is -2.05. The summed E-state index contributed by atoms with van der Waals surface area (Å²) in [5, 5.41) is 7.93. The molecular formula is C14H11F3N2. The molecule has 0 fully saturated rings. The fraction of sp³-hybridized carbons (Fsp3) is 0.143. The van der Waals surface area contributed by atoms with Crippen LogP contribution in [0, 0.1) is 6.92 Å². The van der Waals surface area contributed by atoms with Gasteiger partial charge in [-0.05, 0) is 42.8 Å². The van der Waals surface area contributed by atoms with Gasteiger partial charge in [0.2, 0.25) is 0 Å². The highest BCUT2D eigenvalue weighted by Gasteiger charge is 2.29. The molecule has 0 aliphatic carbocycles. The van der Waals surface area contributed by atoms with Crippen molar-refractivity contribution in [1.82, 2.24) is 0 Å². The molecule has 98 valence electrons. The summed E-state index contributed by atoms with van der Waals surface area (Å²) < 4.78 is 37.1. The summed E-state index contributed by atoms with van der Waals surface area (Å²) in [4.78, 5) is 0. The largest absolute Gasteiger partial charge is 0.416 e. The van der Waals surface area contributed by atoms with Crippen molar-refractivity contribution < 1.29 is 13.2 Å². The Bertz CT molecular complexity index is 586. The normalized spacial score (nSPS) is 12.0. The fourth-order valence-corrected chi connectivity index (χ4v) is 1.50. The molecule has 0 amide bonds. The first kappa shape index (κ1) is 13.3. The molecule has 0 radical (unpaired) electrons. The van der Waals surface area contributed by atoms with Crippen molar-refractivity contribution in [2.24, 2.45) is 10.2 Å². The molecule has 2 nitrogen and oxygen atoms in total. The Morgan fingerprint density at radius 1 is 0.842 bits per heavy atom. The van der Waals surface area contributed by atoms with Crippen LogP contribution in [0.2, 0.25) is 0 Å². The smallest absolute Gasteiger partial charge is 0.166 e. The number of nitrogens with zero attached hydrogens (tertiary/aromatic N) is 2. The third-order valence-electron chi connectivity index (χ3n) is 2.58. The van der Waals surface area contributed by atoms with Gasteiger partial charge in [0.05, 0.1) is 16.9 Å². The predicted molar refractivity (Wildman–Crippen MR) is 66.8 cm³/mol. The lowest BCUT2D eigenvalue weighted by atomic mass is 10.2. The third kappa shape index (κ3) is 3.40. The highest BCUT2D eigenvalue weighted by Crippen LogP contribution is 2.30. The maximum Gasteiger partial charge on any atom is 0.416 e. The highest BCUT2D eigenvalue weighted by atomic mass is 19.4. The van der Waals surface area contributed by atoms with Crippen molar-refractivity contribution in [3.8, 4) is 0 Å². The van der Waals surface area contributed by atoms with Gasteiger partial charge in [-0.25, -0.2) is 0 Å². The topological polar surface area (TPSA) is 24.7 Å². The molecule has 0 aliphatic rings. The molecule has 2 aromatic carbocycles. The number of hydrogen-bond donors (Lipinski definition) is 0. The minimum absolute atomic E-state index is 0.385. The van der Waals surface area contributed by atoms with Crippen molar-refractivity contribution in [3.05, 3.63) is 59.7 Å². The van der Waals surface area contributed by atoms with Gasteiger partial charge in [-0.2, -0.15) is 23.4 Å². The molecule has 0 aliphatic heterocycles. The zero-order valence-electron chi connectivity index (χ0n) is 10.1. The van der Waals surface area contributed by atoms with Crippen LogP contribution in [0.15, 0.2) is 58.8 Å². The Kier molecular flexibility index (Phi) is 3.64. The maximum atomic E-state index is 12.4. The molecule has 0 unspecified atom stereocenters. The van der Waals surface area contributed by atoms with E-state index in [-0.39, 0.29) is 0 Å². The van der Waals surface area contributed by atoms with Gasteiger partial charge >= 0.3 is 6.18 Å². The number of halogens is 3.